The topological polar surface area (TPSA) is 77.0 Å². The van der Waals surface area contributed by atoms with Crippen LogP contribution in [0.2, 0.25) is 0 Å². The molecule has 1 N–H and O–H groups in total. The number of aromatic nitrogens is 3. The molecule has 1 fully saturated rings. The number of ether oxygens (including phenoxy) is 1. The van der Waals surface area contributed by atoms with E-state index in [-0.39, 0.29) is 5.56 Å². The van der Waals surface area contributed by atoms with Crippen molar-refractivity contribution >= 4 is 16.9 Å². The maximum Gasteiger partial charge on any atom is 0.340 e. The van der Waals surface area contributed by atoms with Crippen molar-refractivity contribution in [3.8, 4) is 0 Å². The lowest BCUT2D eigenvalue weighted by Crippen LogP contribution is -2.17. The highest BCUT2D eigenvalue weighted by Crippen LogP contribution is 2.38. The van der Waals surface area contributed by atoms with Crippen molar-refractivity contribution in [1.29, 1.82) is 0 Å². The van der Waals surface area contributed by atoms with Crippen LogP contribution in [0.3, 0.4) is 0 Å². The maximum atomic E-state index is 12.7. The van der Waals surface area contributed by atoms with Gasteiger partial charge >= 0.3 is 5.97 Å². The highest BCUT2D eigenvalue weighted by Gasteiger charge is 2.29. The quantitative estimate of drug-likeness (QED) is 0.729. The Bertz CT molecular complexity index is 1060. The number of carbonyl (C=O) groups is 1. The van der Waals surface area contributed by atoms with Gasteiger partial charge in [0.2, 0.25) is 0 Å². The van der Waals surface area contributed by atoms with E-state index in [2.05, 4.69) is 14.5 Å². The second-order valence-electron chi connectivity index (χ2n) is 6.90. The monoisotopic (exact) mass is 351 g/mol. The predicted octanol–water partition coefficient (Wildman–Crippen LogP) is 3.59. The number of para-hydroxylation sites is 1. The van der Waals surface area contributed by atoms with Crippen molar-refractivity contribution in [3.05, 3.63) is 63.5 Å². The van der Waals surface area contributed by atoms with Crippen molar-refractivity contribution in [2.75, 3.05) is 0 Å². The normalized spacial score (nSPS) is 15.2. The molecular formula is C20H21N3O3. The van der Waals surface area contributed by atoms with Crippen LogP contribution in [0.5, 0.6) is 0 Å². The first-order chi connectivity index (χ1) is 12.5. The van der Waals surface area contributed by atoms with E-state index in [0.717, 1.165) is 24.2 Å². The van der Waals surface area contributed by atoms with Gasteiger partial charge < -0.3 is 14.3 Å². The summed E-state index contributed by atoms with van der Waals surface area (Å²) >= 11 is 0. The summed E-state index contributed by atoms with van der Waals surface area (Å²) in [6, 6.07) is 9.48. The summed E-state index contributed by atoms with van der Waals surface area (Å²) in [5, 5.41) is 0.516. The molecule has 1 aromatic carbocycles. The van der Waals surface area contributed by atoms with Gasteiger partial charge in [0.05, 0.1) is 16.5 Å². The fourth-order valence-electron chi connectivity index (χ4n) is 3.46. The number of carbonyl (C=O) groups excluding carboxylic acids is 1. The van der Waals surface area contributed by atoms with E-state index >= 15 is 0 Å². The molecule has 0 aliphatic heterocycles. The Labute approximate surface area is 150 Å². The summed E-state index contributed by atoms with van der Waals surface area (Å²) in [4.78, 5) is 32.0. The fraction of sp³-hybridized carbons (Fsp3) is 0.350. The summed E-state index contributed by atoms with van der Waals surface area (Å²) in [6.45, 7) is 5.67. The molecule has 0 amide bonds. The van der Waals surface area contributed by atoms with Crippen LogP contribution in [0.1, 0.15) is 59.5 Å². The number of hydrogen-bond acceptors (Lipinski definition) is 4. The van der Waals surface area contributed by atoms with E-state index < -0.39 is 12.1 Å². The zero-order chi connectivity index (χ0) is 18.4. The molecule has 3 aromatic rings. The Morgan fingerprint density at radius 1 is 1.31 bits per heavy atom. The molecule has 0 radical (unpaired) electrons. The molecule has 6 nitrogen and oxygen atoms in total. The smallest absolute Gasteiger partial charge is 0.340 e. The zero-order valence-electron chi connectivity index (χ0n) is 15.1. The average molecular weight is 351 g/mol. The molecule has 1 aliphatic rings. The number of aromatic amines is 1. The van der Waals surface area contributed by atoms with Gasteiger partial charge in [-0.25, -0.2) is 9.78 Å². The highest BCUT2D eigenvalue weighted by molar-refractivity contribution is 5.91. The Balaban J connectivity index is 1.60. The first kappa shape index (κ1) is 16.6. The van der Waals surface area contributed by atoms with Crippen molar-refractivity contribution < 1.29 is 9.53 Å². The van der Waals surface area contributed by atoms with E-state index in [9.17, 15) is 9.59 Å². The van der Waals surface area contributed by atoms with Crippen LogP contribution in [0.15, 0.2) is 35.1 Å². The number of esters is 1. The molecule has 26 heavy (non-hydrogen) atoms. The molecular weight excluding hydrogens is 330 g/mol. The van der Waals surface area contributed by atoms with Crippen LogP contribution in [0.4, 0.5) is 0 Å². The lowest BCUT2D eigenvalue weighted by molar-refractivity contribution is 0.0319. The molecule has 1 saturated carbocycles. The highest BCUT2D eigenvalue weighted by atomic mass is 16.5. The molecule has 2 heterocycles. The fourth-order valence-corrected chi connectivity index (χ4v) is 3.46. The SMILES string of the molecule is Cc1cc(C(=O)O[C@@H](C)c2nc3ccccc3c(=O)[nH]2)c(C)n1C1CC1. The molecule has 4 rings (SSSR count). The van der Waals surface area contributed by atoms with Gasteiger partial charge in [0.25, 0.3) is 5.56 Å². The predicted molar refractivity (Wildman–Crippen MR) is 98.4 cm³/mol. The van der Waals surface area contributed by atoms with Gasteiger partial charge in [0.15, 0.2) is 11.9 Å². The van der Waals surface area contributed by atoms with Crippen LogP contribution in [-0.4, -0.2) is 20.5 Å². The van der Waals surface area contributed by atoms with E-state index in [4.69, 9.17) is 4.74 Å². The van der Waals surface area contributed by atoms with Crippen LogP contribution in [-0.2, 0) is 4.74 Å². The van der Waals surface area contributed by atoms with Gasteiger partial charge in [0, 0.05) is 17.4 Å². The largest absolute Gasteiger partial charge is 0.451 e. The maximum absolute atomic E-state index is 12.7. The second kappa shape index (κ2) is 6.12. The van der Waals surface area contributed by atoms with Gasteiger partial charge in [-0.05, 0) is 51.8 Å². The van der Waals surface area contributed by atoms with Crippen LogP contribution < -0.4 is 5.56 Å². The third-order valence-corrected chi connectivity index (χ3v) is 4.92. The number of rotatable bonds is 4. The van der Waals surface area contributed by atoms with E-state index in [1.807, 2.05) is 26.0 Å². The molecule has 2 aromatic heterocycles. The lowest BCUT2D eigenvalue weighted by Gasteiger charge is -2.13. The van der Waals surface area contributed by atoms with Crippen LogP contribution in [0.25, 0.3) is 10.9 Å². The standard InChI is InChI=1S/C20H21N3O3/c1-11-10-16(12(2)23(11)14-8-9-14)20(25)26-13(3)18-21-17-7-5-4-6-15(17)19(24)22-18/h4-7,10,13-14H,8-9H2,1-3H3,(H,21,22,24)/t13-/m0/s1. The van der Waals surface area contributed by atoms with Crippen molar-refractivity contribution in [1.82, 2.24) is 14.5 Å². The summed E-state index contributed by atoms with van der Waals surface area (Å²) in [7, 11) is 0. The third kappa shape index (κ3) is 2.81. The van der Waals surface area contributed by atoms with Crippen molar-refractivity contribution in [2.24, 2.45) is 0 Å². The van der Waals surface area contributed by atoms with Crippen molar-refractivity contribution in [2.45, 2.75) is 45.8 Å². The van der Waals surface area contributed by atoms with Crippen LogP contribution >= 0.6 is 0 Å². The Morgan fingerprint density at radius 3 is 2.77 bits per heavy atom. The van der Waals surface area contributed by atoms with Gasteiger partial charge in [-0.15, -0.1) is 0 Å². The first-order valence-electron chi connectivity index (χ1n) is 8.84. The van der Waals surface area contributed by atoms with Crippen molar-refractivity contribution in [3.63, 3.8) is 0 Å². The summed E-state index contributed by atoms with van der Waals surface area (Å²) in [6.07, 6.45) is 1.66. The molecule has 1 aliphatic carbocycles. The summed E-state index contributed by atoms with van der Waals surface area (Å²) < 4.78 is 7.80. The van der Waals surface area contributed by atoms with E-state index in [1.54, 1.807) is 25.1 Å². The number of H-pyrrole nitrogens is 1. The molecule has 0 unspecified atom stereocenters. The van der Waals surface area contributed by atoms with Crippen LogP contribution in [0, 0.1) is 13.8 Å². The molecule has 6 heteroatoms. The zero-order valence-corrected chi connectivity index (χ0v) is 15.1. The number of benzene rings is 1. The Hall–Kier alpha value is -2.89. The number of nitrogens with zero attached hydrogens (tertiary/aromatic N) is 2. The number of hydrogen-bond donors (Lipinski definition) is 1. The molecule has 134 valence electrons. The van der Waals surface area contributed by atoms with Gasteiger partial charge in [-0.2, -0.15) is 0 Å². The molecule has 0 saturated heterocycles. The summed E-state index contributed by atoms with van der Waals surface area (Å²) in [5.74, 6) is -0.0497. The molecule has 0 bridgehead atoms. The third-order valence-electron chi connectivity index (χ3n) is 4.92. The van der Waals surface area contributed by atoms with Gasteiger partial charge in [-0.1, -0.05) is 12.1 Å². The Kier molecular flexibility index (Phi) is 3.90. The lowest BCUT2D eigenvalue weighted by atomic mass is 10.2. The van der Waals surface area contributed by atoms with E-state index in [0.29, 0.717) is 28.3 Å². The average Bonchev–Trinajstić information content (AvgIpc) is 3.39. The summed E-state index contributed by atoms with van der Waals surface area (Å²) in [5.41, 5.74) is 2.93. The number of nitrogens with one attached hydrogen (secondary N) is 1. The number of fused-ring (bicyclic) bond motifs is 1. The number of aryl methyl sites for hydroxylation is 1. The first-order valence-corrected chi connectivity index (χ1v) is 8.84. The molecule has 1 atom stereocenters. The molecule has 0 spiro atoms. The second-order valence-corrected chi connectivity index (χ2v) is 6.90. The minimum atomic E-state index is -0.649. The van der Waals surface area contributed by atoms with E-state index in [1.165, 1.54) is 0 Å². The van der Waals surface area contributed by atoms with Gasteiger partial charge in [0.1, 0.15) is 0 Å². The Morgan fingerprint density at radius 2 is 2.04 bits per heavy atom. The van der Waals surface area contributed by atoms with Gasteiger partial charge in [-0.3, -0.25) is 4.79 Å². The minimum absolute atomic E-state index is 0.236. The minimum Gasteiger partial charge on any atom is -0.451 e.